The lowest BCUT2D eigenvalue weighted by Gasteiger charge is -2.13. The third kappa shape index (κ3) is 4.58. The van der Waals surface area contributed by atoms with Crippen molar-refractivity contribution in [3.05, 3.63) is 41.8 Å². The number of para-hydroxylation sites is 2. The van der Waals surface area contributed by atoms with E-state index in [-0.39, 0.29) is 16.7 Å². The molecular formula is C16H13F2N3O3S2. The molecule has 2 heterocycles. The van der Waals surface area contributed by atoms with Crippen molar-refractivity contribution in [3.8, 4) is 16.5 Å². The fourth-order valence-electron chi connectivity index (χ4n) is 1.96. The number of benzene rings is 1. The SMILES string of the molecule is C[C@@H](Sc1nnc(-c2cccs2)o1)C(=O)Nc1ccccc1OC(F)F. The van der Waals surface area contributed by atoms with Gasteiger partial charge in [-0.15, -0.1) is 21.5 Å². The normalized spacial score (nSPS) is 12.2. The molecule has 0 aliphatic carbocycles. The molecule has 10 heteroatoms. The number of halogens is 2. The van der Waals surface area contributed by atoms with E-state index in [1.54, 1.807) is 13.0 Å². The fraction of sp³-hybridized carbons (Fsp3) is 0.188. The van der Waals surface area contributed by atoms with Crippen LogP contribution in [0.3, 0.4) is 0 Å². The van der Waals surface area contributed by atoms with Gasteiger partial charge in [-0.05, 0) is 30.5 Å². The minimum Gasteiger partial charge on any atom is -0.433 e. The van der Waals surface area contributed by atoms with Crippen LogP contribution >= 0.6 is 23.1 Å². The second-order valence-electron chi connectivity index (χ2n) is 4.97. The van der Waals surface area contributed by atoms with E-state index >= 15 is 0 Å². The van der Waals surface area contributed by atoms with Gasteiger partial charge in [0.2, 0.25) is 5.91 Å². The molecule has 3 rings (SSSR count). The molecule has 0 aliphatic rings. The average molecular weight is 397 g/mol. The van der Waals surface area contributed by atoms with Crippen LogP contribution in [0.4, 0.5) is 14.5 Å². The first kappa shape index (κ1) is 18.3. The van der Waals surface area contributed by atoms with Gasteiger partial charge in [0.15, 0.2) is 0 Å². The number of aromatic nitrogens is 2. The second kappa shape index (κ2) is 8.28. The molecule has 0 bridgehead atoms. The van der Waals surface area contributed by atoms with Crippen molar-refractivity contribution in [1.29, 1.82) is 0 Å². The lowest BCUT2D eigenvalue weighted by molar-refractivity contribution is -0.115. The molecule has 0 radical (unpaired) electrons. The molecule has 1 aromatic carbocycles. The Balaban J connectivity index is 1.64. The number of thiophene rings is 1. The van der Waals surface area contributed by atoms with Crippen molar-refractivity contribution in [2.45, 2.75) is 24.0 Å². The summed E-state index contributed by atoms with van der Waals surface area (Å²) in [7, 11) is 0. The third-order valence-corrected chi connectivity index (χ3v) is 4.94. The maximum atomic E-state index is 12.4. The monoisotopic (exact) mass is 397 g/mol. The van der Waals surface area contributed by atoms with Crippen LogP contribution in [-0.4, -0.2) is 28.0 Å². The number of nitrogens with zero attached hydrogens (tertiary/aromatic N) is 2. The third-order valence-electron chi connectivity index (χ3n) is 3.15. The lowest BCUT2D eigenvalue weighted by atomic mass is 10.3. The van der Waals surface area contributed by atoms with Crippen LogP contribution in [0, 0.1) is 0 Å². The van der Waals surface area contributed by atoms with E-state index in [1.807, 2.05) is 17.5 Å². The standard InChI is InChI=1S/C16H13F2N3O3S2/c1-9(26-16-21-20-14(24-16)12-7-4-8-25-12)13(22)19-10-5-2-3-6-11(10)23-15(17)18/h2-9,15H,1H3,(H,19,22)/t9-/m1/s1. The van der Waals surface area contributed by atoms with Gasteiger partial charge in [0.25, 0.3) is 11.1 Å². The van der Waals surface area contributed by atoms with Crippen molar-refractivity contribution in [2.24, 2.45) is 0 Å². The van der Waals surface area contributed by atoms with Crippen LogP contribution in [0.25, 0.3) is 10.8 Å². The Morgan fingerprint density at radius 1 is 1.27 bits per heavy atom. The molecule has 1 amide bonds. The first-order valence-electron chi connectivity index (χ1n) is 7.41. The molecule has 136 valence electrons. The minimum atomic E-state index is -2.98. The molecule has 0 unspecified atom stereocenters. The van der Waals surface area contributed by atoms with Crippen LogP contribution in [0.5, 0.6) is 5.75 Å². The topological polar surface area (TPSA) is 77.2 Å². The smallest absolute Gasteiger partial charge is 0.387 e. The van der Waals surface area contributed by atoms with Crippen molar-refractivity contribution < 1.29 is 22.7 Å². The first-order chi connectivity index (χ1) is 12.5. The number of amides is 1. The van der Waals surface area contributed by atoms with E-state index in [1.165, 1.54) is 29.5 Å². The average Bonchev–Trinajstić information content (AvgIpc) is 3.27. The van der Waals surface area contributed by atoms with Crippen LogP contribution in [0.2, 0.25) is 0 Å². The first-order valence-corrected chi connectivity index (χ1v) is 9.17. The largest absolute Gasteiger partial charge is 0.433 e. The zero-order valence-corrected chi connectivity index (χ0v) is 15.0. The summed E-state index contributed by atoms with van der Waals surface area (Å²) in [5.41, 5.74) is 0.162. The number of thioether (sulfide) groups is 1. The van der Waals surface area contributed by atoms with Crippen LogP contribution in [-0.2, 0) is 4.79 Å². The Morgan fingerprint density at radius 3 is 2.81 bits per heavy atom. The molecule has 0 aliphatic heterocycles. The summed E-state index contributed by atoms with van der Waals surface area (Å²) in [5, 5.41) is 12.0. The molecule has 2 aromatic heterocycles. The molecule has 0 saturated carbocycles. The lowest BCUT2D eigenvalue weighted by Crippen LogP contribution is -2.23. The second-order valence-corrected chi connectivity index (χ2v) is 7.21. The van der Waals surface area contributed by atoms with E-state index in [0.29, 0.717) is 5.89 Å². The number of rotatable bonds is 7. The number of carbonyl (C=O) groups excluding carboxylic acids is 1. The van der Waals surface area contributed by atoms with Gasteiger partial charge in [-0.3, -0.25) is 4.79 Å². The number of hydrogen-bond acceptors (Lipinski definition) is 7. The quantitative estimate of drug-likeness (QED) is 0.591. The maximum Gasteiger partial charge on any atom is 0.387 e. The Morgan fingerprint density at radius 2 is 2.08 bits per heavy atom. The zero-order valence-electron chi connectivity index (χ0n) is 13.4. The Labute approximate surface area is 155 Å². The van der Waals surface area contributed by atoms with Gasteiger partial charge < -0.3 is 14.5 Å². The highest BCUT2D eigenvalue weighted by Crippen LogP contribution is 2.30. The van der Waals surface area contributed by atoms with Crippen LogP contribution in [0.15, 0.2) is 51.4 Å². The Hall–Kier alpha value is -2.46. The maximum absolute atomic E-state index is 12.4. The van der Waals surface area contributed by atoms with Gasteiger partial charge in [-0.25, -0.2) is 0 Å². The molecule has 26 heavy (non-hydrogen) atoms. The molecule has 0 saturated heterocycles. The number of nitrogens with one attached hydrogen (secondary N) is 1. The number of ether oxygens (including phenoxy) is 1. The Kier molecular flexibility index (Phi) is 5.84. The molecular weight excluding hydrogens is 384 g/mol. The van der Waals surface area contributed by atoms with Gasteiger partial charge in [0.05, 0.1) is 15.8 Å². The predicted molar refractivity (Wildman–Crippen MR) is 94.6 cm³/mol. The molecule has 0 fully saturated rings. The van der Waals surface area contributed by atoms with Gasteiger partial charge in [-0.1, -0.05) is 30.0 Å². The van der Waals surface area contributed by atoms with Crippen molar-refractivity contribution in [2.75, 3.05) is 5.32 Å². The van der Waals surface area contributed by atoms with Crippen LogP contribution in [0.1, 0.15) is 6.92 Å². The van der Waals surface area contributed by atoms with E-state index in [4.69, 9.17) is 4.42 Å². The minimum absolute atomic E-state index is 0.106. The molecule has 6 nitrogen and oxygen atoms in total. The molecule has 1 atom stereocenters. The number of carbonyl (C=O) groups is 1. The van der Waals surface area contributed by atoms with Gasteiger partial charge in [-0.2, -0.15) is 8.78 Å². The van der Waals surface area contributed by atoms with E-state index in [2.05, 4.69) is 20.3 Å². The van der Waals surface area contributed by atoms with Gasteiger partial charge in [0.1, 0.15) is 5.75 Å². The van der Waals surface area contributed by atoms with Crippen molar-refractivity contribution >= 4 is 34.7 Å². The van der Waals surface area contributed by atoms with E-state index in [0.717, 1.165) is 16.6 Å². The van der Waals surface area contributed by atoms with E-state index < -0.39 is 17.8 Å². The fourth-order valence-corrected chi connectivity index (χ4v) is 3.29. The summed E-state index contributed by atoms with van der Waals surface area (Å²) < 4.78 is 34.8. The summed E-state index contributed by atoms with van der Waals surface area (Å²) in [6, 6.07) is 9.70. The predicted octanol–water partition coefficient (Wildman–Crippen LogP) is 4.52. The summed E-state index contributed by atoms with van der Waals surface area (Å²) >= 11 is 2.53. The van der Waals surface area contributed by atoms with Gasteiger partial charge in [0, 0.05) is 0 Å². The van der Waals surface area contributed by atoms with Crippen molar-refractivity contribution in [1.82, 2.24) is 10.2 Å². The highest BCUT2D eigenvalue weighted by molar-refractivity contribution is 8.00. The number of alkyl halides is 2. The highest BCUT2D eigenvalue weighted by atomic mass is 32.2. The number of hydrogen-bond donors (Lipinski definition) is 1. The summed E-state index contributed by atoms with van der Waals surface area (Å²) in [6.07, 6.45) is 0. The molecule has 3 aromatic rings. The summed E-state index contributed by atoms with van der Waals surface area (Å²) in [4.78, 5) is 13.2. The number of anilines is 1. The Bertz CT molecular complexity index is 871. The summed E-state index contributed by atoms with van der Waals surface area (Å²) in [6.45, 7) is -1.33. The molecule has 1 N–H and O–H groups in total. The summed E-state index contributed by atoms with van der Waals surface area (Å²) in [5.74, 6) is -0.132. The van der Waals surface area contributed by atoms with Crippen LogP contribution < -0.4 is 10.1 Å². The van der Waals surface area contributed by atoms with Gasteiger partial charge >= 0.3 is 6.61 Å². The molecule has 0 spiro atoms. The highest BCUT2D eigenvalue weighted by Gasteiger charge is 2.20. The zero-order chi connectivity index (χ0) is 18.5. The van der Waals surface area contributed by atoms with E-state index in [9.17, 15) is 13.6 Å². The van der Waals surface area contributed by atoms with Crippen molar-refractivity contribution in [3.63, 3.8) is 0 Å².